The van der Waals surface area contributed by atoms with E-state index in [0.717, 1.165) is 18.3 Å². The molecule has 0 aromatic heterocycles. The van der Waals surface area contributed by atoms with E-state index in [1.165, 1.54) is 57.8 Å². The van der Waals surface area contributed by atoms with Gasteiger partial charge in [-0.25, -0.2) is 0 Å². The SMILES string of the molecule is CC(=O)O[C@H]1CC[C@]2(C)[C@H]3CC[C@@H]4[C@@]5(C)CC[C@@]6(C(C)C)O[C@]65CC[C@@]4(C)[C@]3(C)CC[C@H]2C1(C)C. The third kappa shape index (κ3) is 2.57. The first-order chi connectivity index (χ1) is 16.1. The first-order valence-electron chi connectivity index (χ1n) is 15.0. The average Bonchev–Trinajstić information content (AvgIpc) is 3.36. The van der Waals surface area contributed by atoms with Gasteiger partial charge in [0, 0.05) is 17.8 Å². The van der Waals surface area contributed by atoms with Crippen LogP contribution in [0.4, 0.5) is 0 Å². The molecule has 0 amide bonds. The summed E-state index contributed by atoms with van der Waals surface area (Å²) in [6.45, 7) is 21.9. The van der Waals surface area contributed by atoms with Gasteiger partial charge in [-0.05, 0) is 104 Å². The van der Waals surface area contributed by atoms with Crippen molar-refractivity contribution in [1.29, 1.82) is 0 Å². The zero-order chi connectivity index (χ0) is 25.4. The standard InChI is InChI=1S/C32H52O3/c1-20(2)31-18-16-30(9)24-11-10-23-27(6)14-13-25(34-21(3)33)26(4,5)22(27)12-15-28(23,7)29(24,8)17-19-32(30,31)35-31/h20,22-25H,10-19H2,1-9H3/t22-,23+,24-,25-,27-,28+,29+,30+,31-,32-/m0/s1. The van der Waals surface area contributed by atoms with Crippen molar-refractivity contribution < 1.29 is 14.3 Å². The van der Waals surface area contributed by atoms with Crippen LogP contribution in [0.1, 0.15) is 127 Å². The Kier molecular flexibility index (Phi) is 4.87. The monoisotopic (exact) mass is 484 g/mol. The lowest BCUT2D eigenvalue weighted by molar-refractivity contribution is -0.255. The van der Waals surface area contributed by atoms with Crippen molar-refractivity contribution in [3.63, 3.8) is 0 Å². The predicted molar refractivity (Wildman–Crippen MR) is 140 cm³/mol. The van der Waals surface area contributed by atoms with Gasteiger partial charge in [-0.3, -0.25) is 4.79 Å². The highest BCUT2D eigenvalue weighted by Crippen LogP contribution is 2.84. The minimum atomic E-state index is -0.110. The second-order valence-electron chi connectivity index (χ2n) is 16.0. The van der Waals surface area contributed by atoms with Gasteiger partial charge < -0.3 is 9.47 Å². The van der Waals surface area contributed by atoms with Crippen molar-refractivity contribution in [3.8, 4) is 0 Å². The quantitative estimate of drug-likeness (QED) is 0.295. The first-order valence-corrected chi connectivity index (χ1v) is 15.0. The summed E-state index contributed by atoms with van der Waals surface area (Å²) in [6, 6.07) is 0. The molecule has 5 aliphatic carbocycles. The van der Waals surface area contributed by atoms with E-state index in [1.54, 1.807) is 6.92 Å². The molecular formula is C32H52O3. The van der Waals surface area contributed by atoms with Crippen LogP contribution in [0.15, 0.2) is 0 Å². The van der Waals surface area contributed by atoms with Crippen molar-refractivity contribution in [2.45, 2.75) is 144 Å². The Hall–Kier alpha value is -0.570. The Morgan fingerprint density at radius 1 is 0.743 bits per heavy atom. The highest BCUT2D eigenvalue weighted by atomic mass is 16.6. The molecule has 6 fully saturated rings. The molecule has 1 spiro atoms. The Labute approximate surface area is 214 Å². The molecule has 35 heavy (non-hydrogen) atoms. The molecule has 1 heterocycles. The molecule has 1 saturated heterocycles. The number of rotatable bonds is 2. The van der Waals surface area contributed by atoms with E-state index in [4.69, 9.17) is 9.47 Å². The summed E-state index contributed by atoms with van der Waals surface area (Å²) in [4.78, 5) is 11.9. The molecule has 1 aliphatic heterocycles. The maximum atomic E-state index is 11.9. The minimum absolute atomic E-state index is 0.0462. The van der Waals surface area contributed by atoms with E-state index in [-0.39, 0.29) is 28.7 Å². The summed E-state index contributed by atoms with van der Waals surface area (Å²) in [6.07, 6.45) is 12.9. The van der Waals surface area contributed by atoms with E-state index in [1.807, 2.05) is 0 Å². The van der Waals surface area contributed by atoms with E-state index in [0.29, 0.717) is 33.5 Å². The second-order valence-corrected chi connectivity index (χ2v) is 16.0. The van der Waals surface area contributed by atoms with E-state index in [9.17, 15) is 4.79 Å². The maximum Gasteiger partial charge on any atom is 0.302 e. The highest BCUT2D eigenvalue weighted by molar-refractivity contribution is 5.66. The van der Waals surface area contributed by atoms with Crippen LogP contribution in [0.2, 0.25) is 0 Å². The highest BCUT2D eigenvalue weighted by Gasteiger charge is 2.86. The van der Waals surface area contributed by atoms with Crippen LogP contribution in [0.5, 0.6) is 0 Å². The third-order valence-electron chi connectivity index (χ3n) is 14.7. The van der Waals surface area contributed by atoms with E-state index < -0.39 is 0 Å². The Morgan fingerprint density at radius 2 is 1.37 bits per heavy atom. The summed E-state index contributed by atoms with van der Waals surface area (Å²) in [7, 11) is 0. The number of carbonyl (C=O) groups excluding carboxylic acids is 1. The number of epoxide rings is 1. The number of carbonyl (C=O) groups is 1. The van der Waals surface area contributed by atoms with Crippen molar-refractivity contribution >= 4 is 5.97 Å². The molecule has 0 N–H and O–H groups in total. The number of hydrogen-bond acceptors (Lipinski definition) is 3. The van der Waals surface area contributed by atoms with Gasteiger partial charge in [0.1, 0.15) is 17.3 Å². The van der Waals surface area contributed by atoms with E-state index in [2.05, 4.69) is 55.4 Å². The predicted octanol–water partition coefficient (Wildman–Crippen LogP) is 7.95. The van der Waals surface area contributed by atoms with Crippen LogP contribution in [-0.4, -0.2) is 23.3 Å². The Balaban J connectivity index is 1.35. The molecule has 0 bridgehead atoms. The Morgan fingerprint density at radius 3 is 2.00 bits per heavy atom. The fourth-order valence-corrected chi connectivity index (χ4v) is 12.9. The fraction of sp³-hybridized carbons (Fsp3) is 0.969. The van der Waals surface area contributed by atoms with Gasteiger partial charge in [0.05, 0.1) is 0 Å². The molecule has 0 radical (unpaired) electrons. The van der Waals surface area contributed by atoms with Crippen LogP contribution in [-0.2, 0) is 14.3 Å². The lowest BCUT2D eigenvalue weighted by Gasteiger charge is -2.73. The first kappa shape index (κ1) is 24.7. The zero-order valence-corrected chi connectivity index (χ0v) is 24.2. The van der Waals surface area contributed by atoms with Gasteiger partial charge in [-0.15, -0.1) is 0 Å². The van der Waals surface area contributed by atoms with Crippen LogP contribution >= 0.6 is 0 Å². The van der Waals surface area contributed by atoms with Gasteiger partial charge in [0.25, 0.3) is 0 Å². The number of hydrogen-bond donors (Lipinski definition) is 0. The summed E-state index contributed by atoms with van der Waals surface area (Å²) in [5, 5.41) is 0. The van der Waals surface area contributed by atoms with Crippen molar-refractivity contribution in [2.75, 3.05) is 0 Å². The van der Waals surface area contributed by atoms with Crippen LogP contribution in [0.3, 0.4) is 0 Å². The lowest BCUT2D eigenvalue weighted by atomic mass is 9.31. The molecule has 10 atom stereocenters. The molecule has 0 unspecified atom stereocenters. The molecule has 6 aliphatic rings. The average molecular weight is 485 g/mol. The van der Waals surface area contributed by atoms with Crippen LogP contribution in [0, 0.1) is 50.7 Å². The number of fused-ring (bicyclic) bond motifs is 6. The fourth-order valence-electron chi connectivity index (χ4n) is 12.9. The second kappa shape index (κ2) is 6.89. The van der Waals surface area contributed by atoms with Gasteiger partial charge in [-0.2, -0.15) is 0 Å². The van der Waals surface area contributed by atoms with Gasteiger partial charge >= 0.3 is 5.97 Å². The molecule has 3 nitrogen and oxygen atoms in total. The molecule has 0 aromatic carbocycles. The maximum absolute atomic E-state index is 11.9. The smallest absolute Gasteiger partial charge is 0.302 e. The third-order valence-corrected chi connectivity index (χ3v) is 14.7. The van der Waals surface area contributed by atoms with Crippen molar-refractivity contribution in [2.24, 2.45) is 50.7 Å². The number of esters is 1. The lowest BCUT2D eigenvalue weighted by Crippen LogP contribution is -2.68. The molecule has 198 valence electrons. The summed E-state index contributed by atoms with van der Waals surface area (Å²) in [5.74, 6) is 2.69. The van der Waals surface area contributed by atoms with Crippen molar-refractivity contribution in [1.82, 2.24) is 0 Å². The van der Waals surface area contributed by atoms with Gasteiger partial charge in [0.2, 0.25) is 0 Å². The zero-order valence-electron chi connectivity index (χ0n) is 24.2. The molecule has 5 saturated carbocycles. The Bertz CT molecular complexity index is 939. The summed E-state index contributed by atoms with van der Waals surface area (Å²) >= 11 is 0. The summed E-state index contributed by atoms with van der Waals surface area (Å²) < 4.78 is 12.8. The van der Waals surface area contributed by atoms with Crippen molar-refractivity contribution in [3.05, 3.63) is 0 Å². The van der Waals surface area contributed by atoms with Crippen LogP contribution in [0.25, 0.3) is 0 Å². The van der Waals surface area contributed by atoms with E-state index >= 15 is 0 Å². The molecule has 6 rings (SSSR count). The van der Waals surface area contributed by atoms with Gasteiger partial charge in [-0.1, -0.05) is 55.4 Å². The molecule has 3 heteroatoms. The summed E-state index contributed by atoms with van der Waals surface area (Å²) in [5.41, 5.74) is 1.82. The molecular weight excluding hydrogens is 432 g/mol. The van der Waals surface area contributed by atoms with Crippen LogP contribution < -0.4 is 0 Å². The largest absolute Gasteiger partial charge is 0.462 e. The molecule has 0 aromatic rings. The minimum Gasteiger partial charge on any atom is -0.462 e. The van der Waals surface area contributed by atoms with Gasteiger partial charge in [0.15, 0.2) is 0 Å². The topological polar surface area (TPSA) is 38.8 Å². The number of ether oxygens (including phenoxy) is 2. The normalized spacial score (nSPS) is 57.9.